The van der Waals surface area contributed by atoms with E-state index in [2.05, 4.69) is 5.32 Å². The van der Waals surface area contributed by atoms with Gasteiger partial charge in [0.1, 0.15) is 5.75 Å². The largest absolute Gasteiger partial charge is 0.494 e. The fourth-order valence-corrected chi connectivity index (χ4v) is 3.08. The SMILES string of the molecule is CCOc1ccc(C(CS(=O)(=O)C(C)(C)C)NC)cc1. The maximum atomic E-state index is 12.3. The fraction of sp³-hybridized carbons (Fsp3) is 0.600. The highest BCUT2D eigenvalue weighted by molar-refractivity contribution is 7.92. The molecule has 0 aliphatic carbocycles. The van der Waals surface area contributed by atoms with Crippen molar-refractivity contribution in [3.63, 3.8) is 0 Å². The molecule has 0 aromatic heterocycles. The lowest BCUT2D eigenvalue weighted by atomic mass is 10.1. The number of rotatable bonds is 6. The first-order chi connectivity index (χ1) is 9.21. The second kappa shape index (κ2) is 6.59. The monoisotopic (exact) mass is 299 g/mol. The molecule has 114 valence electrons. The van der Waals surface area contributed by atoms with Crippen LogP contribution in [-0.2, 0) is 9.84 Å². The van der Waals surface area contributed by atoms with Crippen LogP contribution in [0, 0.1) is 0 Å². The molecule has 0 saturated carbocycles. The standard InChI is InChI=1S/C15H25NO3S/c1-6-19-13-9-7-12(8-10-13)14(16-5)11-20(17,18)15(2,3)4/h7-10,14,16H,6,11H2,1-5H3. The highest BCUT2D eigenvalue weighted by Crippen LogP contribution is 2.24. The molecule has 1 unspecified atom stereocenters. The molecule has 0 aliphatic rings. The molecule has 5 heteroatoms. The number of nitrogens with one attached hydrogen (secondary N) is 1. The van der Waals surface area contributed by atoms with Crippen LogP contribution in [0.3, 0.4) is 0 Å². The van der Waals surface area contributed by atoms with Crippen LogP contribution in [0.15, 0.2) is 24.3 Å². The summed E-state index contributed by atoms with van der Waals surface area (Å²) in [7, 11) is -1.39. The number of benzene rings is 1. The summed E-state index contributed by atoms with van der Waals surface area (Å²) in [5.74, 6) is 0.880. The van der Waals surface area contributed by atoms with Crippen LogP contribution in [0.1, 0.15) is 39.3 Å². The van der Waals surface area contributed by atoms with Crippen molar-refractivity contribution < 1.29 is 13.2 Å². The zero-order chi connectivity index (χ0) is 15.4. The smallest absolute Gasteiger partial charge is 0.157 e. The van der Waals surface area contributed by atoms with E-state index in [0.717, 1.165) is 11.3 Å². The summed E-state index contributed by atoms with van der Waals surface area (Å²) in [6.45, 7) is 7.74. The summed E-state index contributed by atoms with van der Waals surface area (Å²) in [6.07, 6.45) is 0. The molecule has 0 saturated heterocycles. The van der Waals surface area contributed by atoms with Crippen molar-refractivity contribution in [2.75, 3.05) is 19.4 Å². The summed E-state index contributed by atoms with van der Waals surface area (Å²) in [4.78, 5) is 0. The van der Waals surface area contributed by atoms with Gasteiger partial charge in [-0.3, -0.25) is 0 Å². The lowest BCUT2D eigenvalue weighted by molar-refractivity contribution is 0.340. The van der Waals surface area contributed by atoms with Crippen molar-refractivity contribution in [2.24, 2.45) is 0 Å². The Morgan fingerprint density at radius 3 is 2.15 bits per heavy atom. The highest BCUT2D eigenvalue weighted by atomic mass is 32.2. The quantitative estimate of drug-likeness (QED) is 0.877. The van der Waals surface area contributed by atoms with E-state index >= 15 is 0 Å². The van der Waals surface area contributed by atoms with E-state index in [4.69, 9.17) is 4.74 Å². The first-order valence-corrected chi connectivity index (χ1v) is 8.49. The van der Waals surface area contributed by atoms with Gasteiger partial charge < -0.3 is 10.1 Å². The van der Waals surface area contributed by atoms with E-state index in [1.165, 1.54) is 0 Å². The van der Waals surface area contributed by atoms with Gasteiger partial charge >= 0.3 is 0 Å². The summed E-state index contributed by atoms with van der Waals surface area (Å²) < 4.78 is 29.2. The van der Waals surface area contributed by atoms with Gasteiger partial charge in [-0.2, -0.15) is 0 Å². The molecular weight excluding hydrogens is 274 g/mol. The Bertz CT molecular complexity index is 515. The van der Waals surface area contributed by atoms with Crippen LogP contribution in [0.5, 0.6) is 5.75 Å². The Hall–Kier alpha value is -1.07. The van der Waals surface area contributed by atoms with E-state index in [0.29, 0.717) is 6.61 Å². The molecule has 1 aromatic carbocycles. The average molecular weight is 299 g/mol. The summed E-state index contributed by atoms with van der Waals surface area (Å²) in [5.41, 5.74) is 0.948. The highest BCUT2D eigenvalue weighted by Gasteiger charge is 2.31. The number of ether oxygens (including phenoxy) is 1. The summed E-state index contributed by atoms with van der Waals surface area (Å²) in [6, 6.07) is 7.34. The van der Waals surface area contributed by atoms with Gasteiger partial charge in [-0.1, -0.05) is 12.1 Å². The Labute approximate surface area is 122 Å². The normalized spacial score (nSPS) is 14.1. The fourth-order valence-electron chi connectivity index (χ4n) is 1.78. The lowest BCUT2D eigenvalue weighted by Gasteiger charge is -2.24. The van der Waals surface area contributed by atoms with Crippen LogP contribution < -0.4 is 10.1 Å². The van der Waals surface area contributed by atoms with Gasteiger partial charge in [0.25, 0.3) is 0 Å². The van der Waals surface area contributed by atoms with E-state index in [1.807, 2.05) is 31.2 Å². The first-order valence-electron chi connectivity index (χ1n) is 6.83. The number of hydrogen-bond donors (Lipinski definition) is 1. The molecule has 1 atom stereocenters. The third-order valence-corrected chi connectivity index (χ3v) is 5.90. The maximum absolute atomic E-state index is 12.3. The van der Waals surface area contributed by atoms with Gasteiger partial charge in [-0.05, 0) is 52.4 Å². The predicted molar refractivity (Wildman–Crippen MR) is 83.0 cm³/mol. The molecule has 1 N–H and O–H groups in total. The topological polar surface area (TPSA) is 55.4 Å². The number of sulfone groups is 1. The molecule has 1 rings (SSSR count). The predicted octanol–water partition coefficient (Wildman–Crippen LogP) is 2.56. The summed E-state index contributed by atoms with van der Waals surface area (Å²) in [5, 5.41) is 3.08. The van der Waals surface area contributed by atoms with Crippen LogP contribution in [-0.4, -0.2) is 32.6 Å². The van der Waals surface area contributed by atoms with Crippen molar-refractivity contribution in [1.29, 1.82) is 0 Å². The van der Waals surface area contributed by atoms with Crippen molar-refractivity contribution in [3.05, 3.63) is 29.8 Å². The summed E-state index contributed by atoms with van der Waals surface area (Å²) >= 11 is 0. The lowest BCUT2D eigenvalue weighted by Crippen LogP contribution is -2.35. The van der Waals surface area contributed by atoms with Gasteiger partial charge in [0, 0.05) is 6.04 Å². The van der Waals surface area contributed by atoms with E-state index in [9.17, 15) is 8.42 Å². The van der Waals surface area contributed by atoms with Crippen molar-refractivity contribution in [1.82, 2.24) is 5.32 Å². The van der Waals surface area contributed by atoms with Crippen molar-refractivity contribution in [2.45, 2.75) is 38.5 Å². The van der Waals surface area contributed by atoms with Crippen LogP contribution in [0.2, 0.25) is 0 Å². The molecule has 0 fully saturated rings. The molecule has 0 radical (unpaired) electrons. The number of hydrogen-bond acceptors (Lipinski definition) is 4. The molecule has 0 amide bonds. The average Bonchev–Trinajstić information content (AvgIpc) is 2.36. The Kier molecular flexibility index (Phi) is 5.59. The minimum atomic E-state index is -3.17. The molecule has 1 aromatic rings. The Morgan fingerprint density at radius 2 is 1.75 bits per heavy atom. The molecule has 0 aliphatic heterocycles. The van der Waals surface area contributed by atoms with Gasteiger partial charge in [-0.25, -0.2) is 8.42 Å². The van der Waals surface area contributed by atoms with Crippen LogP contribution in [0.25, 0.3) is 0 Å². The second-order valence-corrected chi connectivity index (χ2v) is 8.52. The Morgan fingerprint density at radius 1 is 1.20 bits per heavy atom. The van der Waals surface area contributed by atoms with E-state index in [-0.39, 0.29) is 11.8 Å². The molecule has 0 spiro atoms. The van der Waals surface area contributed by atoms with E-state index < -0.39 is 14.6 Å². The molecular formula is C15H25NO3S. The molecule has 20 heavy (non-hydrogen) atoms. The van der Waals surface area contributed by atoms with Crippen LogP contribution >= 0.6 is 0 Å². The van der Waals surface area contributed by atoms with Crippen LogP contribution in [0.4, 0.5) is 0 Å². The van der Waals surface area contributed by atoms with Gasteiger partial charge in [0.05, 0.1) is 17.1 Å². The minimum absolute atomic E-state index is 0.0843. The Balaban J connectivity index is 2.92. The molecule has 0 heterocycles. The maximum Gasteiger partial charge on any atom is 0.157 e. The molecule has 0 bridgehead atoms. The zero-order valence-electron chi connectivity index (χ0n) is 12.9. The van der Waals surface area contributed by atoms with Gasteiger partial charge in [0.2, 0.25) is 0 Å². The van der Waals surface area contributed by atoms with Crippen molar-refractivity contribution in [3.8, 4) is 5.75 Å². The third kappa shape index (κ3) is 4.21. The van der Waals surface area contributed by atoms with Gasteiger partial charge in [-0.15, -0.1) is 0 Å². The molecule has 4 nitrogen and oxygen atoms in total. The minimum Gasteiger partial charge on any atom is -0.494 e. The first kappa shape index (κ1) is 17.0. The van der Waals surface area contributed by atoms with Crippen molar-refractivity contribution >= 4 is 9.84 Å². The third-order valence-electron chi connectivity index (χ3n) is 3.26. The zero-order valence-corrected chi connectivity index (χ0v) is 13.8. The van der Waals surface area contributed by atoms with Gasteiger partial charge in [0.15, 0.2) is 9.84 Å². The second-order valence-electron chi connectivity index (χ2n) is 5.74. The van der Waals surface area contributed by atoms with E-state index in [1.54, 1.807) is 27.8 Å².